The van der Waals surface area contributed by atoms with Gasteiger partial charge in [-0.2, -0.15) is 0 Å². The summed E-state index contributed by atoms with van der Waals surface area (Å²) in [6.45, 7) is 0.227. The van der Waals surface area contributed by atoms with Crippen LogP contribution >= 0.6 is 0 Å². The number of hydrogen-bond donors (Lipinski definition) is 2. The first-order valence-electron chi connectivity index (χ1n) is 6.72. The number of phenols is 1. The molecule has 1 amide bonds. The SMILES string of the molecule is COC(=O)[C@H](Cc1ccc(O)cc1)NC(=O)CCCN=[N+]=[N-]. The minimum atomic E-state index is -0.804. The molecule has 0 aromatic heterocycles. The summed E-state index contributed by atoms with van der Waals surface area (Å²) in [5.74, 6) is -0.737. The van der Waals surface area contributed by atoms with E-state index in [0.29, 0.717) is 6.42 Å². The summed E-state index contributed by atoms with van der Waals surface area (Å²) in [7, 11) is 1.25. The Kier molecular flexibility index (Phi) is 7.28. The lowest BCUT2D eigenvalue weighted by Gasteiger charge is -2.16. The van der Waals surface area contributed by atoms with E-state index in [4.69, 9.17) is 5.53 Å². The number of carbonyl (C=O) groups is 2. The molecular formula is C14H18N4O4. The third kappa shape index (κ3) is 6.15. The second kappa shape index (κ2) is 9.25. The maximum atomic E-state index is 11.8. The number of nitrogens with zero attached hydrogens (tertiary/aromatic N) is 3. The van der Waals surface area contributed by atoms with E-state index in [9.17, 15) is 14.7 Å². The van der Waals surface area contributed by atoms with Crippen LogP contribution in [0.2, 0.25) is 0 Å². The van der Waals surface area contributed by atoms with E-state index < -0.39 is 12.0 Å². The van der Waals surface area contributed by atoms with E-state index in [1.165, 1.54) is 19.2 Å². The number of rotatable bonds is 8. The van der Waals surface area contributed by atoms with E-state index in [0.717, 1.165) is 5.56 Å². The second-order valence-corrected chi connectivity index (χ2v) is 4.57. The lowest BCUT2D eigenvalue weighted by Crippen LogP contribution is -2.43. The average Bonchev–Trinajstić information content (AvgIpc) is 2.52. The molecule has 0 heterocycles. The summed E-state index contributed by atoms with van der Waals surface area (Å²) >= 11 is 0. The van der Waals surface area contributed by atoms with Gasteiger partial charge in [-0.15, -0.1) is 0 Å². The number of methoxy groups -OCH3 is 1. The van der Waals surface area contributed by atoms with E-state index in [2.05, 4.69) is 20.1 Å². The van der Waals surface area contributed by atoms with Crippen LogP contribution in [0.3, 0.4) is 0 Å². The lowest BCUT2D eigenvalue weighted by molar-refractivity contribution is -0.145. The first kappa shape index (κ1) is 17.3. The third-order valence-electron chi connectivity index (χ3n) is 2.92. The van der Waals surface area contributed by atoms with Crippen LogP contribution in [0.4, 0.5) is 0 Å². The highest BCUT2D eigenvalue weighted by atomic mass is 16.5. The molecule has 1 aromatic rings. The molecule has 1 aromatic carbocycles. The third-order valence-corrected chi connectivity index (χ3v) is 2.92. The summed E-state index contributed by atoms with van der Waals surface area (Å²) in [5.41, 5.74) is 8.92. The van der Waals surface area contributed by atoms with Crippen molar-refractivity contribution in [3.63, 3.8) is 0 Å². The largest absolute Gasteiger partial charge is 0.508 e. The van der Waals surface area contributed by atoms with Crippen molar-refractivity contribution in [3.8, 4) is 5.75 Å². The van der Waals surface area contributed by atoms with Gasteiger partial charge in [0.25, 0.3) is 0 Å². The lowest BCUT2D eigenvalue weighted by atomic mass is 10.1. The molecule has 2 N–H and O–H groups in total. The van der Waals surface area contributed by atoms with Crippen molar-refractivity contribution in [3.05, 3.63) is 40.3 Å². The number of carbonyl (C=O) groups excluding carboxylic acids is 2. The predicted octanol–water partition coefficient (Wildman–Crippen LogP) is 1.68. The molecule has 8 heteroatoms. The number of phenolic OH excluding ortho intramolecular Hbond substituents is 1. The molecule has 0 unspecified atom stereocenters. The number of hydrogen-bond acceptors (Lipinski definition) is 5. The minimum Gasteiger partial charge on any atom is -0.508 e. The smallest absolute Gasteiger partial charge is 0.328 e. The van der Waals surface area contributed by atoms with Crippen molar-refractivity contribution in [2.24, 2.45) is 5.11 Å². The number of esters is 1. The molecule has 8 nitrogen and oxygen atoms in total. The normalized spacial score (nSPS) is 11.1. The average molecular weight is 306 g/mol. The Labute approximate surface area is 127 Å². The van der Waals surface area contributed by atoms with Crippen molar-refractivity contribution in [1.29, 1.82) is 0 Å². The fourth-order valence-electron chi connectivity index (χ4n) is 1.82. The van der Waals surface area contributed by atoms with Crippen LogP contribution < -0.4 is 5.32 Å². The van der Waals surface area contributed by atoms with Crippen LogP contribution in [-0.2, 0) is 20.7 Å². The quantitative estimate of drug-likeness (QED) is 0.249. The summed E-state index contributed by atoms with van der Waals surface area (Å²) in [5, 5.41) is 15.2. The Balaban J connectivity index is 2.60. The van der Waals surface area contributed by atoms with Crippen LogP contribution in [0, 0.1) is 0 Å². The Bertz CT molecular complexity index is 552. The van der Waals surface area contributed by atoms with Crippen molar-refractivity contribution >= 4 is 11.9 Å². The van der Waals surface area contributed by atoms with Gasteiger partial charge in [-0.25, -0.2) is 4.79 Å². The first-order valence-corrected chi connectivity index (χ1v) is 6.72. The Morgan fingerprint density at radius 3 is 2.68 bits per heavy atom. The molecule has 0 radical (unpaired) electrons. The predicted molar refractivity (Wildman–Crippen MR) is 79.0 cm³/mol. The van der Waals surface area contributed by atoms with E-state index in [1.54, 1.807) is 12.1 Å². The highest BCUT2D eigenvalue weighted by Gasteiger charge is 2.21. The number of ether oxygens (including phenoxy) is 1. The maximum Gasteiger partial charge on any atom is 0.328 e. The van der Waals surface area contributed by atoms with Gasteiger partial charge < -0.3 is 15.2 Å². The number of nitrogens with one attached hydrogen (secondary N) is 1. The fraction of sp³-hybridized carbons (Fsp3) is 0.429. The molecule has 1 rings (SSSR count). The van der Waals surface area contributed by atoms with Gasteiger partial charge in [0.15, 0.2) is 0 Å². The second-order valence-electron chi connectivity index (χ2n) is 4.57. The molecular weight excluding hydrogens is 288 g/mol. The molecule has 22 heavy (non-hydrogen) atoms. The summed E-state index contributed by atoms with van der Waals surface area (Å²) < 4.78 is 4.68. The number of aromatic hydroxyl groups is 1. The highest BCUT2D eigenvalue weighted by molar-refractivity contribution is 5.84. The molecule has 0 aliphatic carbocycles. The minimum absolute atomic E-state index is 0.125. The Morgan fingerprint density at radius 2 is 2.09 bits per heavy atom. The van der Waals surface area contributed by atoms with E-state index in [-0.39, 0.29) is 31.0 Å². The van der Waals surface area contributed by atoms with Crippen molar-refractivity contribution in [2.45, 2.75) is 25.3 Å². The van der Waals surface area contributed by atoms with Gasteiger partial charge in [-0.3, -0.25) is 4.79 Å². The van der Waals surface area contributed by atoms with Gasteiger partial charge in [0.05, 0.1) is 7.11 Å². The standard InChI is InChI=1S/C14H18N4O4/c1-22-14(21)12(9-10-4-6-11(19)7-5-10)17-13(20)3-2-8-16-18-15/h4-7,12,19H,2-3,8-9H2,1H3,(H,17,20)/t12-/m0/s1. The topological polar surface area (TPSA) is 124 Å². The van der Waals surface area contributed by atoms with Crippen LogP contribution in [-0.4, -0.2) is 36.7 Å². The van der Waals surface area contributed by atoms with Crippen LogP contribution in [0.15, 0.2) is 29.4 Å². The molecule has 0 bridgehead atoms. The van der Waals surface area contributed by atoms with Gasteiger partial charge >= 0.3 is 5.97 Å². The van der Waals surface area contributed by atoms with Gasteiger partial charge in [-0.05, 0) is 29.6 Å². The zero-order valence-electron chi connectivity index (χ0n) is 12.2. The summed E-state index contributed by atoms with van der Waals surface area (Å²) in [6, 6.07) is 5.54. The number of benzene rings is 1. The molecule has 0 saturated heterocycles. The Morgan fingerprint density at radius 1 is 1.41 bits per heavy atom. The monoisotopic (exact) mass is 306 g/mol. The molecule has 118 valence electrons. The first-order chi connectivity index (χ1) is 10.6. The number of amides is 1. The summed E-state index contributed by atoms with van der Waals surface area (Å²) in [6.07, 6.45) is 0.820. The van der Waals surface area contributed by atoms with Gasteiger partial charge in [0, 0.05) is 24.3 Å². The van der Waals surface area contributed by atoms with Crippen molar-refractivity contribution in [2.75, 3.05) is 13.7 Å². The summed E-state index contributed by atoms with van der Waals surface area (Å²) in [4.78, 5) is 26.1. The van der Waals surface area contributed by atoms with Gasteiger partial charge in [0.1, 0.15) is 11.8 Å². The highest BCUT2D eigenvalue weighted by Crippen LogP contribution is 2.12. The zero-order chi connectivity index (χ0) is 16.4. The van der Waals surface area contributed by atoms with E-state index >= 15 is 0 Å². The van der Waals surface area contributed by atoms with Crippen LogP contribution in [0.5, 0.6) is 5.75 Å². The molecule has 0 aliphatic heterocycles. The molecule has 0 aliphatic rings. The van der Waals surface area contributed by atoms with Gasteiger partial charge in [-0.1, -0.05) is 17.2 Å². The zero-order valence-corrected chi connectivity index (χ0v) is 12.2. The molecule has 1 atom stereocenters. The molecule has 0 spiro atoms. The molecule has 0 fully saturated rings. The van der Waals surface area contributed by atoms with Crippen LogP contribution in [0.1, 0.15) is 18.4 Å². The fourth-order valence-corrected chi connectivity index (χ4v) is 1.82. The Hall–Kier alpha value is -2.73. The number of azide groups is 1. The van der Waals surface area contributed by atoms with E-state index in [1.807, 2.05) is 0 Å². The maximum absolute atomic E-state index is 11.8. The van der Waals surface area contributed by atoms with Crippen molar-refractivity contribution < 1.29 is 19.4 Å². The molecule has 0 saturated carbocycles. The van der Waals surface area contributed by atoms with Crippen LogP contribution in [0.25, 0.3) is 10.4 Å². The van der Waals surface area contributed by atoms with Crippen molar-refractivity contribution in [1.82, 2.24) is 5.32 Å². The van der Waals surface area contributed by atoms with Gasteiger partial charge in [0.2, 0.25) is 5.91 Å².